The van der Waals surface area contributed by atoms with Crippen LogP contribution in [0.5, 0.6) is 0 Å². The average molecular weight is 267 g/mol. The molecule has 0 heterocycles. The molecule has 1 unspecified atom stereocenters. The molecule has 100 valence electrons. The number of carbonyl (C=O) groups excluding carboxylic acids is 1. The van der Waals surface area contributed by atoms with E-state index >= 15 is 0 Å². The normalized spacial score (nSPS) is 12.1. The van der Waals surface area contributed by atoms with Gasteiger partial charge in [-0.25, -0.2) is 0 Å². The Hall–Kier alpha value is -1.00. The summed E-state index contributed by atoms with van der Waals surface area (Å²) in [4.78, 5) is 11.5. The lowest BCUT2D eigenvalue weighted by Crippen LogP contribution is -2.37. The van der Waals surface area contributed by atoms with Gasteiger partial charge in [-0.1, -0.05) is 37.3 Å². The third-order valence-electron chi connectivity index (χ3n) is 2.60. The predicted octanol–water partition coefficient (Wildman–Crippen LogP) is 2.46. The molecule has 1 N–H and O–H groups in total. The van der Waals surface area contributed by atoms with Gasteiger partial charge >= 0.3 is 5.97 Å². The summed E-state index contributed by atoms with van der Waals surface area (Å²) in [6.07, 6.45) is 0.804. The first-order valence-electron chi connectivity index (χ1n) is 6.20. The Labute approximate surface area is 113 Å². The number of methoxy groups -OCH3 is 1. The van der Waals surface area contributed by atoms with Crippen LogP contribution in [-0.4, -0.2) is 31.4 Å². The quantitative estimate of drug-likeness (QED) is 0.580. The van der Waals surface area contributed by atoms with Gasteiger partial charge in [0.25, 0.3) is 0 Å². The molecule has 0 amide bonds. The van der Waals surface area contributed by atoms with Crippen molar-refractivity contribution in [2.24, 2.45) is 0 Å². The van der Waals surface area contributed by atoms with Crippen LogP contribution in [0.25, 0.3) is 0 Å². The molecule has 1 atom stereocenters. The molecule has 0 aliphatic heterocycles. The number of carbonyl (C=O) groups is 1. The fourth-order valence-corrected chi connectivity index (χ4v) is 2.63. The first kappa shape index (κ1) is 15.1. The third-order valence-corrected chi connectivity index (χ3v) is 3.66. The smallest absolute Gasteiger partial charge is 0.322 e. The molecule has 1 aromatic carbocycles. The summed E-state index contributed by atoms with van der Waals surface area (Å²) in [6, 6.07) is 10.2. The van der Waals surface area contributed by atoms with Gasteiger partial charge in [-0.2, -0.15) is 11.8 Å². The first-order chi connectivity index (χ1) is 8.77. The van der Waals surface area contributed by atoms with Crippen molar-refractivity contribution in [3.63, 3.8) is 0 Å². The lowest BCUT2D eigenvalue weighted by atomic mass is 10.2. The molecule has 4 heteroatoms. The predicted molar refractivity (Wildman–Crippen MR) is 76.7 cm³/mol. The highest BCUT2D eigenvalue weighted by atomic mass is 32.2. The van der Waals surface area contributed by atoms with Crippen LogP contribution in [-0.2, 0) is 15.3 Å². The number of esters is 1. The van der Waals surface area contributed by atoms with Crippen molar-refractivity contribution >= 4 is 17.7 Å². The van der Waals surface area contributed by atoms with Gasteiger partial charge in [0.1, 0.15) is 6.04 Å². The first-order valence-corrected chi connectivity index (χ1v) is 7.36. The molecule has 3 nitrogen and oxygen atoms in total. The largest absolute Gasteiger partial charge is 0.468 e. The third kappa shape index (κ3) is 5.56. The molecular formula is C14H21NO2S. The van der Waals surface area contributed by atoms with Gasteiger partial charge in [-0.3, -0.25) is 4.79 Å². The van der Waals surface area contributed by atoms with Gasteiger partial charge in [0.2, 0.25) is 0 Å². The number of benzene rings is 1. The van der Waals surface area contributed by atoms with Crippen molar-refractivity contribution in [3.8, 4) is 0 Å². The Bertz CT molecular complexity index is 343. The molecule has 0 spiro atoms. The molecular weight excluding hydrogens is 246 g/mol. The van der Waals surface area contributed by atoms with Crippen LogP contribution in [0.15, 0.2) is 30.3 Å². The Morgan fingerprint density at radius 3 is 2.72 bits per heavy atom. The highest BCUT2D eigenvalue weighted by molar-refractivity contribution is 7.98. The molecule has 0 radical (unpaired) electrons. The van der Waals surface area contributed by atoms with E-state index in [1.165, 1.54) is 12.7 Å². The van der Waals surface area contributed by atoms with E-state index in [-0.39, 0.29) is 12.0 Å². The molecule has 0 saturated carbocycles. The average Bonchev–Trinajstić information content (AvgIpc) is 2.42. The van der Waals surface area contributed by atoms with Crippen molar-refractivity contribution in [3.05, 3.63) is 35.9 Å². The van der Waals surface area contributed by atoms with Gasteiger partial charge in [-0.05, 0) is 24.3 Å². The second kappa shape index (κ2) is 9.00. The minimum atomic E-state index is -0.178. The zero-order chi connectivity index (χ0) is 13.2. The van der Waals surface area contributed by atoms with E-state index in [1.807, 2.05) is 36.9 Å². The molecule has 0 aliphatic carbocycles. The number of thioether (sulfide) groups is 1. The summed E-state index contributed by atoms with van der Waals surface area (Å²) < 4.78 is 4.77. The summed E-state index contributed by atoms with van der Waals surface area (Å²) >= 11 is 1.84. The van der Waals surface area contributed by atoms with Gasteiger partial charge in [0.15, 0.2) is 0 Å². The van der Waals surface area contributed by atoms with E-state index in [4.69, 9.17) is 4.74 Å². The summed E-state index contributed by atoms with van der Waals surface area (Å²) in [7, 11) is 1.43. The van der Waals surface area contributed by atoms with Gasteiger partial charge in [-0.15, -0.1) is 0 Å². The maximum Gasteiger partial charge on any atom is 0.322 e. The number of rotatable bonds is 8. The van der Waals surface area contributed by atoms with E-state index in [9.17, 15) is 4.79 Å². The van der Waals surface area contributed by atoms with Gasteiger partial charge in [0, 0.05) is 5.75 Å². The summed E-state index contributed by atoms with van der Waals surface area (Å²) in [5.74, 6) is 1.76. The molecule has 0 aromatic heterocycles. The highest BCUT2D eigenvalue weighted by Gasteiger charge is 2.16. The Morgan fingerprint density at radius 2 is 2.11 bits per heavy atom. The van der Waals surface area contributed by atoms with E-state index in [2.05, 4.69) is 17.4 Å². The van der Waals surface area contributed by atoms with E-state index < -0.39 is 0 Å². The van der Waals surface area contributed by atoms with E-state index in [1.54, 1.807) is 0 Å². The van der Waals surface area contributed by atoms with Crippen LogP contribution in [0.1, 0.15) is 18.9 Å². The van der Waals surface area contributed by atoms with Crippen LogP contribution in [0, 0.1) is 0 Å². The standard InChI is InChI=1S/C14H21NO2S/c1-3-15-13(14(16)17-2)9-10-18-11-12-7-5-4-6-8-12/h4-8,13,15H,3,9-11H2,1-2H3. The summed E-state index contributed by atoms with van der Waals surface area (Å²) in [6.45, 7) is 2.77. The minimum Gasteiger partial charge on any atom is -0.468 e. The molecule has 0 fully saturated rings. The van der Waals surface area contributed by atoms with Gasteiger partial charge in [0.05, 0.1) is 7.11 Å². The van der Waals surface area contributed by atoms with Crippen LogP contribution in [0.2, 0.25) is 0 Å². The van der Waals surface area contributed by atoms with Crippen molar-refractivity contribution in [2.75, 3.05) is 19.4 Å². The molecule has 1 aromatic rings. The maximum atomic E-state index is 11.5. The van der Waals surface area contributed by atoms with Crippen molar-refractivity contribution in [1.29, 1.82) is 0 Å². The molecule has 1 rings (SSSR count). The second-order valence-corrected chi connectivity index (χ2v) is 5.07. The van der Waals surface area contributed by atoms with Crippen molar-refractivity contribution in [1.82, 2.24) is 5.32 Å². The molecule has 18 heavy (non-hydrogen) atoms. The van der Waals surface area contributed by atoms with Crippen LogP contribution >= 0.6 is 11.8 Å². The maximum absolute atomic E-state index is 11.5. The van der Waals surface area contributed by atoms with Crippen LogP contribution in [0.3, 0.4) is 0 Å². The topological polar surface area (TPSA) is 38.3 Å². The van der Waals surface area contributed by atoms with Crippen molar-refractivity contribution < 1.29 is 9.53 Å². The number of hydrogen-bond donors (Lipinski definition) is 1. The van der Waals surface area contributed by atoms with Crippen molar-refractivity contribution in [2.45, 2.75) is 25.1 Å². The monoisotopic (exact) mass is 267 g/mol. The SMILES string of the molecule is CCNC(CCSCc1ccccc1)C(=O)OC. The van der Waals surface area contributed by atoms with E-state index in [0.717, 1.165) is 24.5 Å². The Kier molecular flexibility index (Phi) is 7.53. The summed E-state index contributed by atoms with van der Waals surface area (Å²) in [5, 5.41) is 3.14. The Morgan fingerprint density at radius 1 is 1.39 bits per heavy atom. The highest BCUT2D eigenvalue weighted by Crippen LogP contribution is 2.13. The van der Waals surface area contributed by atoms with E-state index in [0.29, 0.717) is 0 Å². The minimum absolute atomic E-state index is 0.169. The molecule has 0 aliphatic rings. The molecule has 0 saturated heterocycles. The number of hydrogen-bond acceptors (Lipinski definition) is 4. The second-order valence-electron chi connectivity index (χ2n) is 3.96. The summed E-state index contributed by atoms with van der Waals surface area (Å²) in [5.41, 5.74) is 1.32. The van der Waals surface area contributed by atoms with Crippen LogP contribution in [0.4, 0.5) is 0 Å². The number of likely N-dealkylation sites (N-methyl/N-ethyl adjacent to an activating group) is 1. The number of ether oxygens (including phenoxy) is 1. The number of nitrogens with one attached hydrogen (secondary N) is 1. The Balaban J connectivity index is 2.24. The van der Waals surface area contributed by atoms with Gasteiger partial charge < -0.3 is 10.1 Å². The zero-order valence-corrected chi connectivity index (χ0v) is 11.8. The van der Waals surface area contributed by atoms with Crippen LogP contribution < -0.4 is 5.32 Å². The zero-order valence-electron chi connectivity index (χ0n) is 11.0. The fourth-order valence-electron chi connectivity index (χ4n) is 1.66. The lowest BCUT2D eigenvalue weighted by molar-refractivity contribution is -0.143. The molecule has 0 bridgehead atoms. The lowest BCUT2D eigenvalue weighted by Gasteiger charge is -2.14. The fraction of sp³-hybridized carbons (Fsp3) is 0.500.